The van der Waals surface area contributed by atoms with Gasteiger partial charge in [0.05, 0.1) is 10.7 Å². The Labute approximate surface area is 90.9 Å². The van der Waals surface area contributed by atoms with Gasteiger partial charge in [-0.3, -0.25) is 0 Å². The molecule has 1 aliphatic carbocycles. The Kier molecular flexibility index (Phi) is 4.88. The van der Waals surface area contributed by atoms with Crippen LogP contribution in [-0.2, 0) is 12.8 Å². The summed E-state index contributed by atoms with van der Waals surface area (Å²) in [5, 5.41) is 1.31. The average Bonchev–Trinajstić information content (AvgIpc) is 2.63. The van der Waals surface area contributed by atoms with Crippen molar-refractivity contribution in [3.05, 3.63) is 21.7 Å². The molecule has 0 aliphatic heterocycles. The summed E-state index contributed by atoms with van der Waals surface area (Å²) in [7, 11) is 0. The first-order valence-electron chi connectivity index (χ1n) is 5.55. The molecule has 0 aromatic carbocycles. The lowest BCUT2D eigenvalue weighted by molar-refractivity contribution is 0.905. The molecule has 1 aromatic heterocycles. The quantitative estimate of drug-likeness (QED) is 0.715. The smallest absolute Gasteiger partial charge is 0.0935 e. The van der Waals surface area contributed by atoms with Crippen LogP contribution in [0.15, 0.2) is 6.08 Å². The van der Waals surface area contributed by atoms with Gasteiger partial charge in [-0.1, -0.05) is 26.8 Å². The van der Waals surface area contributed by atoms with Crippen LogP contribution in [-0.4, -0.2) is 4.98 Å². The number of fused-ring (bicyclic) bond motifs is 1. The van der Waals surface area contributed by atoms with E-state index in [0.29, 0.717) is 0 Å². The molecule has 1 aliphatic rings. The number of hydrogen-bond donors (Lipinski definition) is 0. The molecule has 2 heteroatoms. The monoisotopic (exact) mass is 209 g/mol. The van der Waals surface area contributed by atoms with Crippen LogP contribution in [0.25, 0.3) is 6.08 Å². The summed E-state index contributed by atoms with van der Waals surface area (Å²) in [6, 6.07) is 0. The van der Waals surface area contributed by atoms with Gasteiger partial charge in [0.2, 0.25) is 0 Å². The maximum Gasteiger partial charge on any atom is 0.0935 e. The standard InChI is InChI=1S/C10H13NS.C2H6/c1-2-5-10-11-8-6-3-4-7-9(8)12-10;1-2/h3,6H,2,4-5,7H2,1H3;1-2H3. The first-order chi connectivity index (χ1) is 6.90. The normalized spacial score (nSPS) is 13.1. The Morgan fingerprint density at radius 3 is 2.86 bits per heavy atom. The molecule has 0 N–H and O–H groups in total. The number of aryl methyl sites for hydroxylation is 2. The zero-order chi connectivity index (χ0) is 10.4. The van der Waals surface area contributed by atoms with Crippen molar-refractivity contribution < 1.29 is 0 Å². The minimum Gasteiger partial charge on any atom is -0.242 e. The molecule has 0 saturated heterocycles. The summed E-state index contributed by atoms with van der Waals surface area (Å²) in [5.41, 5.74) is 1.23. The first-order valence-corrected chi connectivity index (χ1v) is 6.37. The Hall–Kier alpha value is -0.630. The van der Waals surface area contributed by atoms with E-state index in [0.717, 1.165) is 6.42 Å². The Balaban J connectivity index is 0.000000461. The Morgan fingerprint density at radius 2 is 2.21 bits per heavy atom. The zero-order valence-electron chi connectivity index (χ0n) is 9.34. The van der Waals surface area contributed by atoms with Crippen LogP contribution in [0.2, 0.25) is 0 Å². The van der Waals surface area contributed by atoms with Gasteiger partial charge in [0.15, 0.2) is 0 Å². The maximum absolute atomic E-state index is 4.57. The van der Waals surface area contributed by atoms with E-state index in [1.807, 2.05) is 25.2 Å². The van der Waals surface area contributed by atoms with Crippen molar-refractivity contribution >= 4 is 17.4 Å². The summed E-state index contributed by atoms with van der Waals surface area (Å²) in [6.45, 7) is 6.20. The molecule has 0 amide bonds. The molecular weight excluding hydrogens is 190 g/mol. The fourth-order valence-electron chi connectivity index (χ4n) is 1.45. The summed E-state index contributed by atoms with van der Waals surface area (Å²) >= 11 is 1.90. The van der Waals surface area contributed by atoms with Crippen LogP contribution < -0.4 is 0 Å². The van der Waals surface area contributed by atoms with Gasteiger partial charge in [-0.2, -0.15) is 0 Å². The zero-order valence-corrected chi connectivity index (χ0v) is 10.2. The first kappa shape index (κ1) is 11.4. The van der Waals surface area contributed by atoms with Crippen molar-refractivity contribution in [1.82, 2.24) is 4.98 Å². The van der Waals surface area contributed by atoms with Gasteiger partial charge in [0, 0.05) is 4.88 Å². The predicted molar refractivity (Wildman–Crippen MR) is 64.8 cm³/mol. The van der Waals surface area contributed by atoms with Crippen LogP contribution >= 0.6 is 11.3 Å². The third-order valence-corrected chi connectivity index (χ3v) is 3.24. The van der Waals surface area contributed by atoms with Crippen molar-refractivity contribution in [2.75, 3.05) is 0 Å². The highest BCUT2D eigenvalue weighted by Gasteiger charge is 2.10. The van der Waals surface area contributed by atoms with E-state index < -0.39 is 0 Å². The molecule has 78 valence electrons. The lowest BCUT2D eigenvalue weighted by Crippen LogP contribution is -1.88. The molecule has 1 heterocycles. The molecule has 0 spiro atoms. The lowest BCUT2D eigenvalue weighted by Gasteiger charge is -1.99. The lowest BCUT2D eigenvalue weighted by atomic mass is 10.1. The number of aromatic nitrogens is 1. The second-order valence-corrected chi connectivity index (χ2v) is 4.28. The molecule has 0 unspecified atom stereocenters. The fourth-order valence-corrected chi connectivity index (χ4v) is 2.63. The van der Waals surface area contributed by atoms with E-state index in [-0.39, 0.29) is 0 Å². The Bertz CT molecular complexity index is 299. The van der Waals surface area contributed by atoms with E-state index in [1.165, 1.54) is 34.8 Å². The SMILES string of the molecule is CC.CCCc1nc2c(s1)CCC=C2. The van der Waals surface area contributed by atoms with E-state index in [4.69, 9.17) is 0 Å². The van der Waals surface area contributed by atoms with E-state index in [1.54, 1.807) is 0 Å². The van der Waals surface area contributed by atoms with E-state index in [9.17, 15) is 0 Å². The van der Waals surface area contributed by atoms with E-state index >= 15 is 0 Å². The van der Waals surface area contributed by atoms with Gasteiger partial charge in [0.1, 0.15) is 0 Å². The summed E-state index contributed by atoms with van der Waals surface area (Å²) < 4.78 is 0. The molecule has 14 heavy (non-hydrogen) atoms. The van der Waals surface area contributed by atoms with Crippen molar-refractivity contribution in [3.8, 4) is 0 Å². The number of hydrogen-bond acceptors (Lipinski definition) is 2. The molecule has 2 rings (SSSR count). The Morgan fingerprint density at radius 1 is 1.43 bits per heavy atom. The third-order valence-electron chi connectivity index (χ3n) is 2.05. The topological polar surface area (TPSA) is 12.9 Å². The highest BCUT2D eigenvalue weighted by molar-refractivity contribution is 7.11. The average molecular weight is 209 g/mol. The second kappa shape index (κ2) is 5.97. The minimum atomic E-state index is 1.14. The molecule has 1 nitrogen and oxygen atoms in total. The van der Waals surface area contributed by atoms with Crippen LogP contribution in [0.5, 0.6) is 0 Å². The van der Waals surface area contributed by atoms with Gasteiger partial charge in [-0.15, -0.1) is 11.3 Å². The van der Waals surface area contributed by atoms with Gasteiger partial charge >= 0.3 is 0 Å². The van der Waals surface area contributed by atoms with Gasteiger partial charge in [0.25, 0.3) is 0 Å². The van der Waals surface area contributed by atoms with Crippen LogP contribution in [0.1, 0.15) is 49.2 Å². The minimum absolute atomic E-state index is 1.14. The van der Waals surface area contributed by atoms with Gasteiger partial charge < -0.3 is 0 Å². The third kappa shape index (κ3) is 2.68. The summed E-state index contributed by atoms with van der Waals surface area (Å²) in [4.78, 5) is 6.06. The molecule has 0 bridgehead atoms. The highest BCUT2D eigenvalue weighted by atomic mass is 32.1. The summed E-state index contributed by atoms with van der Waals surface area (Å²) in [5.74, 6) is 0. The summed E-state index contributed by atoms with van der Waals surface area (Å²) in [6.07, 6.45) is 9.13. The van der Waals surface area contributed by atoms with Crippen molar-refractivity contribution in [1.29, 1.82) is 0 Å². The van der Waals surface area contributed by atoms with Crippen LogP contribution in [0.4, 0.5) is 0 Å². The number of rotatable bonds is 2. The molecule has 0 saturated carbocycles. The molecular formula is C12H19NS. The molecule has 0 atom stereocenters. The maximum atomic E-state index is 4.57. The molecule has 1 aromatic rings. The predicted octanol–water partition coefficient (Wildman–Crippen LogP) is 4.08. The van der Waals surface area contributed by atoms with Crippen molar-refractivity contribution in [3.63, 3.8) is 0 Å². The van der Waals surface area contributed by atoms with Crippen molar-refractivity contribution in [2.24, 2.45) is 0 Å². The van der Waals surface area contributed by atoms with Crippen molar-refractivity contribution in [2.45, 2.75) is 46.5 Å². The van der Waals surface area contributed by atoms with Crippen LogP contribution in [0.3, 0.4) is 0 Å². The van der Waals surface area contributed by atoms with Gasteiger partial charge in [-0.05, 0) is 31.8 Å². The number of thiazole rings is 1. The largest absolute Gasteiger partial charge is 0.242 e. The highest BCUT2D eigenvalue weighted by Crippen LogP contribution is 2.25. The molecule has 0 radical (unpaired) electrons. The van der Waals surface area contributed by atoms with Gasteiger partial charge in [-0.25, -0.2) is 4.98 Å². The second-order valence-electron chi connectivity index (χ2n) is 3.11. The number of allylic oxidation sites excluding steroid dienone is 1. The fraction of sp³-hybridized carbons (Fsp3) is 0.583. The molecule has 0 fully saturated rings. The van der Waals surface area contributed by atoms with Crippen LogP contribution in [0, 0.1) is 0 Å². The number of nitrogens with zero attached hydrogens (tertiary/aromatic N) is 1. The van der Waals surface area contributed by atoms with E-state index in [2.05, 4.69) is 24.1 Å².